The summed E-state index contributed by atoms with van der Waals surface area (Å²) in [6, 6.07) is 12.1. The van der Waals surface area contributed by atoms with Crippen molar-refractivity contribution in [2.24, 2.45) is 26.9 Å². The van der Waals surface area contributed by atoms with Gasteiger partial charge in [-0.25, -0.2) is 0 Å². The Labute approximate surface area is 298 Å². The fraction of sp³-hybridized carbons (Fsp3) is 0.281. The SMILES string of the molecule is Cn1cc(NC(=O)/C=C/c2ccc(N(CCCl)CCCl)cc2)cc1C(=O)Nc1cc(C(=O)Nc2cc(NC(=O)CCC(=N)N)n(C)n2)n(C)n1. The van der Waals surface area contributed by atoms with Crippen molar-refractivity contribution in [3.63, 3.8) is 0 Å². The molecule has 4 aromatic rings. The van der Waals surface area contributed by atoms with E-state index in [0.717, 1.165) is 11.3 Å². The number of carbonyl (C=O) groups excluding carboxylic acids is 4. The number of hydrogen-bond donors (Lipinski definition) is 6. The molecule has 0 saturated heterocycles. The predicted molar refractivity (Wildman–Crippen MR) is 195 cm³/mol. The van der Waals surface area contributed by atoms with Gasteiger partial charge in [0.15, 0.2) is 11.6 Å². The number of alkyl halides is 2. The molecule has 0 aliphatic heterocycles. The number of amides is 4. The number of nitrogens with zero attached hydrogens (tertiary/aromatic N) is 6. The number of rotatable bonds is 16. The quantitative estimate of drug-likeness (QED) is 0.0434. The maximum atomic E-state index is 13.1. The summed E-state index contributed by atoms with van der Waals surface area (Å²) in [6.07, 6.45) is 4.83. The van der Waals surface area contributed by atoms with E-state index in [-0.39, 0.29) is 53.5 Å². The summed E-state index contributed by atoms with van der Waals surface area (Å²) in [5.74, 6) is -0.314. The third-order valence-corrected chi connectivity index (χ3v) is 7.60. The van der Waals surface area contributed by atoms with Gasteiger partial charge in [0.2, 0.25) is 11.8 Å². The normalized spacial score (nSPS) is 11.0. The standard InChI is InChI=1S/C32H38Cl2N12O4/c1-43-19-21(37-29(47)10-6-20-4-7-22(8-5-20)46(14-12-33)15-13-34)16-23(43)31(49)38-26-17-24(44(2)41-26)32(50)39-27-18-28(45(3)42-27)40-30(48)11-9-25(35)36/h4-8,10,16-19H,9,11-15H2,1-3H3,(H3,35,36)(H,37,47)(H,40,48)(H,38,41,49)(H,39,42,50)/b10-6+. The number of nitrogens with one attached hydrogen (secondary N) is 5. The van der Waals surface area contributed by atoms with Crippen LogP contribution in [0.3, 0.4) is 0 Å². The van der Waals surface area contributed by atoms with Gasteiger partial charge in [-0.05, 0) is 29.8 Å². The predicted octanol–water partition coefficient (Wildman–Crippen LogP) is 3.59. The van der Waals surface area contributed by atoms with Gasteiger partial charge in [0.1, 0.15) is 17.2 Å². The van der Waals surface area contributed by atoms with Crippen molar-refractivity contribution in [2.75, 3.05) is 51.0 Å². The largest absolute Gasteiger partial charge is 0.388 e. The number of anilines is 5. The Hall–Kier alpha value is -5.61. The maximum Gasteiger partial charge on any atom is 0.275 e. The summed E-state index contributed by atoms with van der Waals surface area (Å²) in [5.41, 5.74) is 7.89. The zero-order chi connectivity index (χ0) is 36.4. The van der Waals surface area contributed by atoms with E-state index in [1.54, 1.807) is 38.0 Å². The Kier molecular flexibility index (Phi) is 12.8. The highest BCUT2D eigenvalue weighted by atomic mass is 35.5. The summed E-state index contributed by atoms with van der Waals surface area (Å²) in [7, 11) is 4.79. The second-order valence-electron chi connectivity index (χ2n) is 11.1. The highest BCUT2D eigenvalue weighted by Crippen LogP contribution is 2.19. The summed E-state index contributed by atoms with van der Waals surface area (Å²) in [6.45, 7) is 1.35. The van der Waals surface area contributed by atoms with Crippen LogP contribution in [-0.4, -0.2) is 78.4 Å². The van der Waals surface area contributed by atoms with Crippen molar-refractivity contribution in [2.45, 2.75) is 12.8 Å². The molecule has 4 rings (SSSR count). The Morgan fingerprint density at radius 2 is 1.46 bits per heavy atom. The molecule has 3 heterocycles. The second kappa shape index (κ2) is 17.2. The number of amidine groups is 1. The first-order valence-corrected chi connectivity index (χ1v) is 16.4. The molecule has 0 radical (unpaired) electrons. The first kappa shape index (κ1) is 37.2. The van der Waals surface area contributed by atoms with Crippen LogP contribution in [0.4, 0.5) is 28.8 Å². The number of hydrogen-bond acceptors (Lipinski definition) is 8. The maximum absolute atomic E-state index is 13.1. The molecule has 0 aliphatic carbocycles. The second-order valence-corrected chi connectivity index (χ2v) is 11.8. The number of aromatic nitrogens is 5. The Morgan fingerprint density at radius 1 is 0.840 bits per heavy atom. The number of benzene rings is 1. The van der Waals surface area contributed by atoms with Gasteiger partial charge < -0.3 is 36.5 Å². The topological polar surface area (TPSA) is 210 Å². The summed E-state index contributed by atoms with van der Waals surface area (Å²) < 4.78 is 4.23. The number of carbonyl (C=O) groups is 4. The van der Waals surface area contributed by atoms with Crippen LogP contribution in [0.25, 0.3) is 6.08 Å². The van der Waals surface area contributed by atoms with E-state index in [4.69, 9.17) is 34.3 Å². The highest BCUT2D eigenvalue weighted by molar-refractivity contribution is 6.18. The third-order valence-electron chi connectivity index (χ3n) is 7.26. The lowest BCUT2D eigenvalue weighted by molar-refractivity contribution is -0.116. The van der Waals surface area contributed by atoms with Crippen molar-refractivity contribution in [3.8, 4) is 0 Å². The van der Waals surface area contributed by atoms with Crippen LogP contribution in [-0.2, 0) is 30.7 Å². The zero-order valence-electron chi connectivity index (χ0n) is 27.7. The van der Waals surface area contributed by atoms with Crippen LogP contribution >= 0.6 is 23.2 Å². The van der Waals surface area contributed by atoms with Crippen LogP contribution in [0, 0.1) is 5.41 Å². The summed E-state index contributed by atoms with van der Waals surface area (Å²) in [4.78, 5) is 52.9. The van der Waals surface area contributed by atoms with E-state index < -0.39 is 11.8 Å². The average Bonchev–Trinajstić information content (AvgIpc) is 3.73. The zero-order valence-corrected chi connectivity index (χ0v) is 29.2. The van der Waals surface area contributed by atoms with Gasteiger partial charge in [0, 0.05) is 88.9 Å². The van der Waals surface area contributed by atoms with Gasteiger partial charge in [-0.2, -0.15) is 10.2 Å². The molecule has 0 bridgehead atoms. The molecule has 0 saturated carbocycles. The molecule has 264 valence electrons. The minimum absolute atomic E-state index is 0.0313. The number of nitrogens with two attached hydrogens (primary N) is 1. The van der Waals surface area contributed by atoms with Crippen LogP contribution in [0.5, 0.6) is 0 Å². The number of aryl methyl sites for hydroxylation is 3. The molecule has 0 unspecified atom stereocenters. The van der Waals surface area contributed by atoms with Crippen LogP contribution in [0.2, 0.25) is 0 Å². The van der Waals surface area contributed by atoms with Crippen LogP contribution < -0.4 is 31.9 Å². The number of halogens is 2. The minimum Gasteiger partial charge on any atom is -0.388 e. The summed E-state index contributed by atoms with van der Waals surface area (Å²) in [5, 5.41) is 26.4. The molecule has 0 atom stereocenters. The lowest BCUT2D eigenvalue weighted by atomic mass is 10.2. The molecule has 50 heavy (non-hydrogen) atoms. The van der Waals surface area contributed by atoms with Crippen molar-refractivity contribution in [1.29, 1.82) is 5.41 Å². The molecule has 7 N–H and O–H groups in total. The molecule has 0 spiro atoms. The lowest BCUT2D eigenvalue weighted by Crippen LogP contribution is -2.27. The fourth-order valence-corrected chi connectivity index (χ4v) is 5.19. The van der Waals surface area contributed by atoms with Crippen molar-refractivity contribution >= 4 is 87.6 Å². The van der Waals surface area contributed by atoms with Crippen LogP contribution in [0.15, 0.2) is 54.7 Å². The molecule has 0 fully saturated rings. The van der Waals surface area contributed by atoms with E-state index in [1.807, 2.05) is 24.3 Å². The average molecular weight is 726 g/mol. The Morgan fingerprint density at radius 3 is 2.10 bits per heavy atom. The molecule has 3 aromatic heterocycles. The highest BCUT2D eigenvalue weighted by Gasteiger charge is 2.19. The molecule has 18 heteroatoms. The van der Waals surface area contributed by atoms with Gasteiger partial charge in [-0.15, -0.1) is 23.2 Å². The monoisotopic (exact) mass is 724 g/mol. The molecular weight excluding hydrogens is 687 g/mol. The fourth-order valence-electron chi connectivity index (χ4n) is 4.79. The van der Waals surface area contributed by atoms with Gasteiger partial charge in [0.25, 0.3) is 11.8 Å². The molecule has 1 aromatic carbocycles. The first-order valence-electron chi connectivity index (χ1n) is 15.3. The van der Waals surface area contributed by atoms with Crippen molar-refractivity contribution < 1.29 is 19.2 Å². The van der Waals surface area contributed by atoms with Gasteiger partial charge >= 0.3 is 0 Å². The van der Waals surface area contributed by atoms with E-state index in [1.165, 1.54) is 33.6 Å². The first-order chi connectivity index (χ1) is 23.9. The summed E-state index contributed by atoms with van der Waals surface area (Å²) >= 11 is 11.8. The van der Waals surface area contributed by atoms with Gasteiger partial charge in [-0.1, -0.05) is 12.1 Å². The van der Waals surface area contributed by atoms with Gasteiger partial charge in [-0.3, -0.25) is 34.0 Å². The third kappa shape index (κ3) is 10.2. The van der Waals surface area contributed by atoms with E-state index in [2.05, 4.69) is 36.4 Å². The van der Waals surface area contributed by atoms with Gasteiger partial charge in [0.05, 0.1) is 11.5 Å². The van der Waals surface area contributed by atoms with Crippen LogP contribution in [0.1, 0.15) is 39.4 Å². The lowest BCUT2D eigenvalue weighted by Gasteiger charge is -2.22. The van der Waals surface area contributed by atoms with Crippen molar-refractivity contribution in [3.05, 3.63) is 71.7 Å². The molecule has 4 amide bonds. The van der Waals surface area contributed by atoms with Crippen molar-refractivity contribution in [1.82, 2.24) is 24.1 Å². The minimum atomic E-state index is -0.555. The van der Waals surface area contributed by atoms with E-state index in [0.29, 0.717) is 36.4 Å². The smallest absolute Gasteiger partial charge is 0.275 e. The van der Waals surface area contributed by atoms with E-state index >= 15 is 0 Å². The Balaban J connectivity index is 1.33. The van der Waals surface area contributed by atoms with E-state index in [9.17, 15) is 19.2 Å². The molecule has 0 aliphatic rings. The molecule has 16 nitrogen and oxygen atoms in total. The molecular formula is C32H38Cl2N12O4. The Bertz CT molecular complexity index is 1890.